The number of fused-ring (bicyclic) bond motifs is 5. The number of nitrogens with one attached hydrogen (secondary N) is 1. The summed E-state index contributed by atoms with van der Waals surface area (Å²) in [7, 11) is 0. The standard InChI is InChI=1S/C26H18N2S/c27-20-12-9-17(10-13-20)16-5-7-18(8-6-16)19-11-14-23-22(15-19)26-25(28-23)21-3-1-2-4-24(21)29-26/h1-15,28H,27H2. The summed E-state index contributed by atoms with van der Waals surface area (Å²) in [5.41, 5.74) is 13.9. The Morgan fingerprint density at radius 2 is 1.24 bits per heavy atom. The van der Waals surface area contributed by atoms with E-state index in [2.05, 4.69) is 83.8 Å². The summed E-state index contributed by atoms with van der Waals surface area (Å²) in [6, 6.07) is 32.1. The van der Waals surface area contributed by atoms with Gasteiger partial charge in [0.2, 0.25) is 0 Å². The molecule has 0 aliphatic carbocycles. The van der Waals surface area contributed by atoms with Crippen LogP contribution in [0, 0.1) is 0 Å². The average Bonchev–Trinajstić information content (AvgIpc) is 3.30. The van der Waals surface area contributed by atoms with Crippen LogP contribution in [0.3, 0.4) is 0 Å². The minimum absolute atomic E-state index is 0.790. The van der Waals surface area contributed by atoms with Gasteiger partial charge in [0.25, 0.3) is 0 Å². The normalized spacial score (nSPS) is 11.6. The molecule has 2 nitrogen and oxygen atoms in total. The lowest BCUT2D eigenvalue weighted by molar-refractivity contribution is 1.56. The monoisotopic (exact) mass is 390 g/mol. The molecule has 0 unspecified atom stereocenters. The number of aromatic amines is 1. The van der Waals surface area contributed by atoms with E-state index in [1.165, 1.54) is 53.5 Å². The Balaban J connectivity index is 1.45. The molecule has 6 aromatic rings. The van der Waals surface area contributed by atoms with Gasteiger partial charge in [-0.2, -0.15) is 0 Å². The van der Waals surface area contributed by atoms with Gasteiger partial charge in [-0.25, -0.2) is 0 Å². The maximum Gasteiger partial charge on any atom is 0.0654 e. The van der Waals surface area contributed by atoms with Gasteiger partial charge in [0, 0.05) is 26.7 Å². The van der Waals surface area contributed by atoms with Crippen molar-refractivity contribution in [2.24, 2.45) is 0 Å². The van der Waals surface area contributed by atoms with E-state index in [9.17, 15) is 0 Å². The van der Waals surface area contributed by atoms with Crippen LogP contribution in [0.25, 0.3) is 53.5 Å². The molecular formula is C26H18N2S. The lowest BCUT2D eigenvalue weighted by Crippen LogP contribution is -1.84. The minimum atomic E-state index is 0.790. The highest BCUT2D eigenvalue weighted by Gasteiger charge is 2.12. The summed E-state index contributed by atoms with van der Waals surface area (Å²) >= 11 is 1.86. The molecule has 29 heavy (non-hydrogen) atoms. The number of hydrogen-bond acceptors (Lipinski definition) is 2. The van der Waals surface area contributed by atoms with E-state index in [4.69, 9.17) is 5.73 Å². The number of nitrogens with two attached hydrogens (primary N) is 1. The van der Waals surface area contributed by atoms with Gasteiger partial charge in [-0.15, -0.1) is 11.3 Å². The molecule has 0 saturated carbocycles. The zero-order valence-corrected chi connectivity index (χ0v) is 16.5. The van der Waals surface area contributed by atoms with Crippen LogP contribution in [0.15, 0.2) is 91.0 Å². The molecule has 138 valence electrons. The van der Waals surface area contributed by atoms with Crippen LogP contribution >= 0.6 is 11.3 Å². The number of nitrogen functional groups attached to an aromatic ring is 1. The highest BCUT2D eigenvalue weighted by Crippen LogP contribution is 2.39. The number of rotatable bonds is 2. The maximum atomic E-state index is 5.80. The molecule has 0 spiro atoms. The van der Waals surface area contributed by atoms with Crippen LogP contribution in [-0.4, -0.2) is 4.98 Å². The molecule has 2 aromatic heterocycles. The van der Waals surface area contributed by atoms with Crippen molar-refractivity contribution in [1.82, 2.24) is 4.98 Å². The largest absolute Gasteiger partial charge is 0.399 e. The fourth-order valence-corrected chi connectivity index (χ4v) is 5.23. The van der Waals surface area contributed by atoms with Crippen LogP contribution in [0.1, 0.15) is 0 Å². The molecule has 0 fully saturated rings. The number of anilines is 1. The number of H-pyrrole nitrogens is 1. The third-order valence-corrected chi connectivity index (χ3v) is 6.79. The second kappa shape index (κ2) is 6.23. The van der Waals surface area contributed by atoms with Crippen molar-refractivity contribution >= 4 is 48.2 Å². The zero-order valence-electron chi connectivity index (χ0n) is 15.6. The number of thiophene rings is 1. The summed E-state index contributed by atoms with van der Waals surface area (Å²) in [6.07, 6.45) is 0. The van der Waals surface area contributed by atoms with Crippen molar-refractivity contribution in [3.8, 4) is 22.3 Å². The van der Waals surface area contributed by atoms with E-state index in [-0.39, 0.29) is 0 Å². The predicted molar refractivity (Wildman–Crippen MR) is 126 cm³/mol. The first-order valence-corrected chi connectivity index (χ1v) is 10.5. The van der Waals surface area contributed by atoms with Crippen molar-refractivity contribution in [2.45, 2.75) is 0 Å². The van der Waals surface area contributed by atoms with Crippen LogP contribution in [0.4, 0.5) is 5.69 Å². The van der Waals surface area contributed by atoms with Gasteiger partial charge in [-0.05, 0) is 52.6 Å². The van der Waals surface area contributed by atoms with Crippen molar-refractivity contribution in [3.05, 3.63) is 91.0 Å². The molecule has 0 bridgehead atoms. The Morgan fingerprint density at radius 1 is 0.621 bits per heavy atom. The topological polar surface area (TPSA) is 41.8 Å². The summed E-state index contributed by atoms with van der Waals surface area (Å²) in [5, 5.41) is 2.60. The van der Waals surface area contributed by atoms with E-state index >= 15 is 0 Å². The quantitative estimate of drug-likeness (QED) is 0.296. The van der Waals surface area contributed by atoms with Crippen molar-refractivity contribution in [2.75, 3.05) is 5.73 Å². The minimum Gasteiger partial charge on any atom is -0.399 e. The predicted octanol–water partition coefficient (Wildman–Crippen LogP) is 7.45. The van der Waals surface area contributed by atoms with Gasteiger partial charge >= 0.3 is 0 Å². The summed E-state index contributed by atoms with van der Waals surface area (Å²) in [5.74, 6) is 0. The van der Waals surface area contributed by atoms with Crippen LogP contribution in [-0.2, 0) is 0 Å². The molecule has 0 atom stereocenters. The first-order valence-electron chi connectivity index (χ1n) is 9.66. The molecule has 3 heteroatoms. The lowest BCUT2D eigenvalue weighted by atomic mass is 9.99. The number of hydrogen-bond donors (Lipinski definition) is 2. The summed E-state index contributed by atoms with van der Waals surface area (Å²) in [6.45, 7) is 0. The third-order valence-electron chi connectivity index (χ3n) is 5.58. The Bertz CT molecular complexity index is 1490. The first kappa shape index (κ1) is 16.4. The molecule has 4 aromatic carbocycles. The molecule has 6 rings (SSSR count). The molecule has 2 heterocycles. The van der Waals surface area contributed by atoms with Crippen LogP contribution < -0.4 is 5.73 Å². The van der Waals surface area contributed by atoms with Gasteiger partial charge in [0.15, 0.2) is 0 Å². The molecule has 0 saturated heterocycles. The van der Waals surface area contributed by atoms with Crippen molar-refractivity contribution < 1.29 is 0 Å². The summed E-state index contributed by atoms with van der Waals surface area (Å²) < 4.78 is 2.66. The highest BCUT2D eigenvalue weighted by molar-refractivity contribution is 7.26. The highest BCUT2D eigenvalue weighted by atomic mass is 32.1. The van der Waals surface area contributed by atoms with Crippen LogP contribution in [0.5, 0.6) is 0 Å². The van der Waals surface area contributed by atoms with Crippen molar-refractivity contribution in [1.29, 1.82) is 0 Å². The number of benzene rings is 4. The summed E-state index contributed by atoms with van der Waals surface area (Å²) in [4.78, 5) is 3.62. The molecule has 0 aliphatic rings. The van der Waals surface area contributed by atoms with E-state index < -0.39 is 0 Å². The van der Waals surface area contributed by atoms with Gasteiger partial charge < -0.3 is 10.7 Å². The van der Waals surface area contributed by atoms with E-state index in [0.29, 0.717) is 0 Å². The lowest BCUT2D eigenvalue weighted by Gasteiger charge is -2.06. The molecule has 3 N–H and O–H groups in total. The second-order valence-corrected chi connectivity index (χ2v) is 8.44. The third kappa shape index (κ3) is 2.63. The molecule has 0 radical (unpaired) electrons. The fraction of sp³-hybridized carbons (Fsp3) is 0. The molecular weight excluding hydrogens is 372 g/mol. The second-order valence-electron chi connectivity index (χ2n) is 7.39. The van der Waals surface area contributed by atoms with E-state index in [0.717, 1.165) is 5.69 Å². The average molecular weight is 391 g/mol. The van der Waals surface area contributed by atoms with Crippen molar-refractivity contribution in [3.63, 3.8) is 0 Å². The number of aromatic nitrogens is 1. The Hall–Kier alpha value is -3.56. The van der Waals surface area contributed by atoms with Gasteiger partial charge in [0.1, 0.15) is 0 Å². The SMILES string of the molecule is Nc1ccc(-c2ccc(-c3ccc4[nH]c5c6ccccc6sc5c4c3)cc2)cc1. The fourth-order valence-electron chi connectivity index (χ4n) is 4.05. The van der Waals surface area contributed by atoms with Gasteiger partial charge in [0.05, 0.1) is 10.2 Å². The Kier molecular flexibility index (Phi) is 3.52. The smallest absolute Gasteiger partial charge is 0.0654 e. The van der Waals surface area contributed by atoms with E-state index in [1.807, 2.05) is 23.5 Å². The van der Waals surface area contributed by atoms with Crippen LogP contribution in [0.2, 0.25) is 0 Å². The Labute approximate surface area is 172 Å². The molecule has 0 amide bonds. The zero-order chi connectivity index (χ0) is 19.4. The van der Waals surface area contributed by atoms with Gasteiger partial charge in [-0.3, -0.25) is 0 Å². The maximum absolute atomic E-state index is 5.80. The van der Waals surface area contributed by atoms with E-state index in [1.54, 1.807) is 0 Å². The van der Waals surface area contributed by atoms with Gasteiger partial charge in [-0.1, -0.05) is 60.7 Å². The molecule has 0 aliphatic heterocycles. The first-order chi connectivity index (χ1) is 14.3. The Morgan fingerprint density at radius 3 is 2.00 bits per heavy atom.